The Kier molecular flexibility index (Phi) is 4.65. The molecule has 1 heterocycles. The fourth-order valence-electron chi connectivity index (χ4n) is 3.01. The van der Waals surface area contributed by atoms with Crippen LogP contribution in [0.5, 0.6) is 0 Å². The second kappa shape index (κ2) is 6.04. The maximum Gasteiger partial charge on any atom is 0.220 e. The summed E-state index contributed by atoms with van der Waals surface area (Å²) in [5, 5.41) is 3.08. The topological polar surface area (TPSA) is 63.2 Å². The highest BCUT2D eigenvalue weighted by Gasteiger charge is 2.29. The summed E-state index contributed by atoms with van der Waals surface area (Å²) in [6.45, 7) is 0. The molecule has 1 atom stereocenters. The molecule has 1 saturated carbocycles. The van der Waals surface area contributed by atoms with Crippen LogP contribution in [0, 0.1) is 5.92 Å². The van der Waals surface area contributed by atoms with Crippen LogP contribution in [0.2, 0.25) is 0 Å². The van der Waals surface area contributed by atoms with Crippen molar-refractivity contribution in [2.75, 3.05) is 11.5 Å². The van der Waals surface area contributed by atoms with Crippen LogP contribution < -0.4 is 5.32 Å². The van der Waals surface area contributed by atoms with Crippen LogP contribution in [-0.4, -0.2) is 31.9 Å². The van der Waals surface area contributed by atoms with Crippen LogP contribution >= 0.6 is 0 Å². The minimum absolute atomic E-state index is 0.0424. The smallest absolute Gasteiger partial charge is 0.220 e. The van der Waals surface area contributed by atoms with Gasteiger partial charge in [0.1, 0.15) is 0 Å². The van der Waals surface area contributed by atoms with Crippen LogP contribution in [0.3, 0.4) is 0 Å². The fourth-order valence-corrected chi connectivity index (χ4v) is 4.87. The van der Waals surface area contributed by atoms with Gasteiger partial charge in [0.25, 0.3) is 0 Å². The first kappa shape index (κ1) is 13.8. The molecule has 0 bridgehead atoms. The zero-order chi connectivity index (χ0) is 13.0. The number of rotatable bonds is 3. The molecule has 2 fully saturated rings. The first-order valence-electron chi connectivity index (χ1n) is 7.05. The maximum absolute atomic E-state index is 11.9. The number of carbonyl (C=O) groups is 1. The Morgan fingerprint density at radius 2 is 1.72 bits per heavy atom. The standard InChI is InChI=1S/C13H23NO3S/c15-13(9-11-7-8-18(16,17)10-11)14-12-5-3-1-2-4-6-12/h11-12H,1-10H2,(H,14,15)/t11-/m1/s1. The van der Waals surface area contributed by atoms with Gasteiger partial charge in [-0.05, 0) is 25.2 Å². The molecule has 2 aliphatic rings. The van der Waals surface area contributed by atoms with E-state index in [0.29, 0.717) is 18.9 Å². The highest BCUT2D eigenvalue weighted by atomic mass is 32.2. The van der Waals surface area contributed by atoms with Gasteiger partial charge in [0, 0.05) is 12.5 Å². The monoisotopic (exact) mass is 273 g/mol. The van der Waals surface area contributed by atoms with E-state index in [1.807, 2.05) is 0 Å². The van der Waals surface area contributed by atoms with Gasteiger partial charge in [0.05, 0.1) is 11.5 Å². The summed E-state index contributed by atoms with van der Waals surface area (Å²) >= 11 is 0. The van der Waals surface area contributed by atoms with Crippen molar-refractivity contribution in [1.29, 1.82) is 0 Å². The maximum atomic E-state index is 11.9. The summed E-state index contributed by atoms with van der Waals surface area (Å²) in [5.74, 6) is 0.546. The van der Waals surface area contributed by atoms with Crippen molar-refractivity contribution in [2.45, 2.75) is 57.4 Å². The third kappa shape index (κ3) is 4.26. The van der Waals surface area contributed by atoms with Gasteiger partial charge in [-0.15, -0.1) is 0 Å². The summed E-state index contributed by atoms with van der Waals surface area (Å²) in [5.41, 5.74) is 0. The largest absolute Gasteiger partial charge is 0.353 e. The number of amides is 1. The van der Waals surface area contributed by atoms with Crippen LogP contribution in [0.1, 0.15) is 51.4 Å². The van der Waals surface area contributed by atoms with Gasteiger partial charge in [0.2, 0.25) is 5.91 Å². The number of carbonyl (C=O) groups excluding carboxylic acids is 1. The number of hydrogen-bond acceptors (Lipinski definition) is 3. The second-order valence-electron chi connectivity index (χ2n) is 5.73. The van der Waals surface area contributed by atoms with Crippen molar-refractivity contribution in [3.8, 4) is 0 Å². The molecule has 1 saturated heterocycles. The van der Waals surface area contributed by atoms with Gasteiger partial charge in [-0.2, -0.15) is 0 Å². The molecule has 2 rings (SSSR count). The Hall–Kier alpha value is -0.580. The summed E-state index contributed by atoms with van der Waals surface area (Å²) in [7, 11) is -2.86. The Bertz CT molecular complexity index is 383. The lowest BCUT2D eigenvalue weighted by Gasteiger charge is -2.17. The molecule has 0 aromatic rings. The van der Waals surface area contributed by atoms with Gasteiger partial charge in [-0.1, -0.05) is 25.7 Å². The van der Waals surface area contributed by atoms with E-state index in [1.54, 1.807) is 0 Å². The molecule has 0 aromatic carbocycles. The third-order valence-electron chi connectivity index (χ3n) is 4.02. The Morgan fingerprint density at radius 3 is 2.28 bits per heavy atom. The minimum atomic E-state index is -2.86. The lowest BCUT2D eigenvalue weighted by Crippen LogP contribution is -2.35. The van der Waals surface area contributed by atoms with E-state index in [-0.39, 0.29) is 23.3 Å². The average Bonchev–Trinajstić information content (AvgIpc) is 2.52. The van der Waals surface area contributed by atoms with Crippen molar-refractivity contribution in [3.63, 3.8) is 0 Å². The van der Waals surface area contributed by atoms with Crippen LogP contribution in [0.4, 0.5) is 0 Å². The molecule has 1 amide bonds. The number of hydrogen-bond donors (Lipinski definition) is 1. The van der Waals surface area contributed by atoms with E-state index in [2.05, 4.69) is 5.32 Å². The van der Waals surface area contributed by atoms with Gasteiger partial charge < -0.3 is 5.32 Å². The molecule has 4 nitrogen and oxygen atoms in total. The molecule has 0 aromatic heterocycles. The SMILES string of the molecule is O=C(C[C@H]1CCS(=O)(=O)C1)NC1CCCCCC1. The third-order valence-corrected chi connectivity index (χ3v) is 5.86. The van der Waals surface area contributed by atoms with E-state index in [4.69, 9.17) is 0 Å². The molecule has 0 radical (unpaired) electrons. The predicted octanol–water partition coefficient (Wildman–Crippen LogP) is 1.65. The van der Waals surface area contributed by atoms with Crippen LogP contribution in [0.25, 0.3) is 0 Å². The van der Waals surface area contributed by atoms with E-state index in [9.17, 15) is 13.2 Å². The van der Waals surface area contributed by atoms with Gasteiger partial charge in [-0.25, -0.2) is 8.42 Å². The highest BCUT2D eigenvalue weighted by Crippen LogP contribution is 2.22. The van der Waals surface area contributed by atoms with Crippen molar-refractivity contribution in [1.82, 2.24) is 5.32 Å². The molecule has 1 N–H and O–H groups in total. The van der Waals surface area contributed by atoms with Gasteiger partial charge in [-0.3, -0.25) is 4.79 Å². The zero-order valence-electron chi connectivity index (χ0n) is 10.9. The summed E-state index contributed by atoms with van der Waals surface area (Å²) in [6.07, 6.45) is 8.13. The van der Waals surface area contributed by atoms with E-state index < -0.39 is 9.84 Å². The molecule has 104 valence electrons. The molecule has 0 unspecified atom stereocenters. The second-order valence-corrected chi connectivity index (χ2v) is 7.96. The number of nitrogens with one attached hydrogen (secondary N) is 1. The predicted molar refractivity (Wildman–Crippen MR) is 71.0 cm³/mol. The lowest BCUT2D eigenvalue weighted by molar-refractivity contribution is -0.122. The molecule has 18 heavy (non-hydrogen) atoms. The Morgan fingerprint density at radius 1 is 1.06 bits per heavy atom. The van der Waals surface area contributed by atoms with Gasteiger partial charge >= 0.3 is 0 Å². The van der Waals surface area contributed by atoms with E-state index in [0.717, 1.165) is 12.8 Å². The normalized spacial score (nSPS) is 28.8. The van der Waals surface area contributed by atoms with Crippen LogP contribution in [0.15, 0.2) is 0 Å². The van der Waals surface area contributed by atoms with Crippen molar-refractivity contribution in [2.24, 2.45) is 5.92 Å². The average molecular weight is 273 g/mol. The van der Waals surface area contributed by atoms with Crippen molar-refractivity contribution >= 4 is 15.7 Å². The quantitative estimate of drug-likeness (QED) is 0.795. The fraction of sp³-hybridized carbons (Fsp3) is 0.923. The zero-order valence-corrected chi connectivity index (χ0v) is 11.7. The molecular formula is C13H23NO3S. The summed E-state index contributed by atoms with van der Waals surface area (Å²) in [6, 6.07) is 0.318. The van der Waals surface area contributed by atoms with Crippen molar-refractivity contribution < 1.29 is 13.2 Å². The van der Waals surface area contributed by atoms with Gasteiger partial charge in [0.15, 0.2) is 9.84 Å². The Labute approximate surface area is 109 Å². The first-order chi connectivity index (χ1) is 8.55. The first-order valence-corrected chi connectivity index (χ1v) is 8.87. The highest BCUT2D eigenvalue weighted by molar-refractivity contribution is 7.91. The van der Waals surface area contributed by atoms with Crippen LogP contribution in [-0.2, 0) is 14.6 Å². The minimum Gasteiger partial charge on any atom is -0.353 e. The van der Waals surface area contributed by atoms with E-state index >= 15 is 0 Å². The van der Waals surface area contributed by atoms with E-state index in [1.165, 1.54) is 25.7 Å². The Balaban J connectivity index is 1.75. The van der Waals surface area contributed by atoms with Crippen molar-refractivity contribution in [3.05, 3.63) is 0 Å². The lowest BCUT2D eigenvalue weighted by atomic mass is 10.0. The molecule has 5 heteroatoms. The molecular weight excluding hydrogens is 250 g/mol. The summed E-state index contributed by atoms with van der Waals surface area (Å²) in [4.78, 5) is 11.9. The molecule has 1 aliphatic carbocycles. The molecule has 0 spiro atoms. The molecule has 1 aliphatic heterocycles. The summed E-state index contributed by atoms with van der Waals surface area (Å²) < 4.78 is 22.7. The number of sulfone groups is 1.